The van der Waals surface area contributed by atoms with Crippen molar-refractivity contribution in [3.63, 3.8) is 0 Å². The maximum Gasteiger partial charge on any atom is 0.108 e. The number of rotatable bonds is 4. The van der Waals surface area contributed by atoms with Gasteiger partial charge < -0.3 is 9.13 Å². The van der Waals surface area contributed by atoms with Crippen molar-refractivity contribution in [1.82, 2.24) is 19.1 Å². The third kappa shape index (κ3) is 2.96. The van der Waals surface area contributed by atoms with E-state index in [-0.39, 0.29) is 0 Å². The first-order valence-electron chi connectivity index (χ1n) is 6.65. The molecule has 21 heavy (non-hydrogen) atoms. The highest BCUT2D eigenvalue weighted by molar-refractivity contribution is 6.42. The van der Waals surface area contributed by atoms with Crippen molar-refractivity contribution in [3.8, 4) is 5.69 Å². The van der Waals surface area contributed by atoms with Gasteiger partial charge in [0.25, 0.3) is 0 Å². The van der Waals surface area contributed by atoms with Crippen molar-refractivity contribution < 1.29 is 0 Å². The van der Waals surface area contributed by atoms with Crippen LogP contribution in [-0.2, 0) is 13.0 Å². The minimum atomic E-state index is 0.535. The number of imidazole rings is 2. The van der Waals surface area contributed by atoms with Crippen molar-refractivity contribution in [2.75, 3.05) is 0 Å². The average Bonchev–Trinajstić information content (AvgIpc) is 3.11. The summed E-state index contributed by atoms with van der Waals surface area (Å²) in [5.74, 6) is 1.05. The van der Waals surface area contributed by atoms with Gasteiger partial charge in [-0.05, 0) is 18.2 Å². The SMILES string of the molecule is CCc1nccn1Cc1cn(-c2ccc(Cl)c(Cl)c2)cn1. The minimum Gasteiger partial charge on any atom is -0.329 e. The summed E-state index contributed by atoms with van der Waals surface area (Å²) in [6.45, 7) is 2.80. The van der Waals surface area contributed by atoms with Crippen LogP contribution in [0, 0.1) is 0 Å². The van der Waals surface area contributed by atoms with E-state index in [0.29, 0.717) is 16.6 Å². The van der Waals surface area contributed by atoms with E-state index in [4.69, 9.17) is 23.2 Å². The first kappa shape index (κ1) is 14.2. The van der Waals surface area contributed by atoms with Gasteiger partial charge in [0.15, 0.2) is 0 Å². The van der Waals surface area contributed by atoms with E-state index in [1.54, 1.807) is 12.4 Å². The lowest BCUT2D eigenvalue weighted by atomic mass is 10.3. The molecule has 0 aliphatic rings. The predicted molar refractivity (Wildman–Crippen MR) is 84.3 cm³/mol. The van der Waals surface area contributed by atoms with Crippen molar-refractivity contribution in [2.24, 2.45) is 0 Å². The zero-order valence-electron chi connectivity index (χ0n) is 11.5. The van der Waals surface area contributed by atoms with Crippen molar-refractivity contribution >= 4 is 23.2 Å². The summed E-state index contributed by atoms with van der Waals surface area (Å²) >= 11 is 12.0. The van der Waals surface area contributed by atoms with Gasteiger partial charge in [-0.15, -0.1) is 0 Å². The summed E-state index contributed by atoms with van der Waals surface area (Å²) in [7, 11) is 0. The number of nitrogens with zero attached hydrogens (tertiary/aromatic N) is 4. The molecule has 0 fully saturated rings. The standard InChI is InChI=1S/C15H14Cl2N4/c1-2-15-18-5-6-20(15)8-11-9-21(10-19-11)12-3-4-13(16)14(17)7-12/h3-7,9-10H,2,8H2,1H3. The third-order valence-corrected chi connectivity index (χ3v) is 4.03. The summed E-state index contributed by atoms with van der Waals surface area (Å²) in [4.78, 5) is 8.75. The normalized spacial score (nSPS) is 11.0. The molecule has 0 amide bonds. The fraction of sp³-hybridized carbons (Fsp3) is 0.200. The molecule has 0 saturated heterocycles. The maximum absolute atomic E-state index is 6.05. The molecular weight excluding hydrogens is 307 g/mol. The van der Waals surface area contributed by atoms with Crippen molar-refractivity contribution in [3.05, 3.63) is 64.7 Å². The molecule has 0 bridgehead atoms. The summed E-state index contributed by atoms with van der Waals surface area (Å²) in [6.07, 6.45) is 8.45. The van der Waals surface area contributed by atoms with Gasteiger partial charge in [0.1, 0.15) is 5.82 Å². The van der Waals surface area contributed by atoms with Gasteiger partial charge in [0, 0.05) is 30.7 Å². The first-order chi connectivity index (χ1) is 10.2. The van der Waals surface area contributed by atoms with Crippen LogP contribution in [-0.4, -0.2) is 19.1 Å². The number of aromatic nitrogens is 4. The summed E-state index contributed by atoms with van der Waals surface area (Å²) in [6, 6.07) is 5.52. The maximum atomic E-state index is 6.05. The van der Waals surface area contributed by atoms with Gasteiger partial charge in [0.05, 0.1) is 28.6 Å². The van der Waals surface area contributed by atoms with Crippen LogP contribution in [0.3, 0.4) is 0 Å². The molecule has 108 valence electrons. The van der Waals surface area contributed by atoms with Gasteiger partial charge in [0.2, 0.25) is 0 Å². The second kappa shape index (κ2) is 5.92. The highest BCUT2D eigenvalue weighted by Gasteiger charge is 2.06. The Balaban J connectivity index is 1.84. The van der Waals surface area contributed by atoms with E-state index < -0.39 is 0 Å². The van der Waals surface area contributed by atoms with E-state index in [9.17, 15) is 0 Å². The quantitative estimate of drug-likeness (QED) is 0.728. The van der Waals surface area contributed by atoms with Crippen LogP contribution in [0.1, 0.15) is 18.4 Å². The highest BCUT2D eigenvalue weighted by Crippen LogP contribution is 2.24. The number of hydrogen-bond donors (Lipinski definition) is 0. The Kier molecular flexibility index (Phi) is 3.99. The highest BCUT2D eigenvalue weighted by atomic mass is 35.5. The molecule has 2 aromatic heterocycles. The van der Waals surface area contributed by atoms with Gasteiger partial charge in [-0.3, -0.25) is 0 Å². The molecule has 0 aliphatic heterocycles. The Hall–Kier alpha value is -1.78. The zero-order chi connectivity index (χ0) is 14.8. The van der Waals surface area contributed by atoms with E-state index in [1.165, 1.54) is 0 Å². The van der Waals surface area contributed by atoms with Gasteiger partial charge >= 0.3 is 0 Å². The van der Waals surface area contributed by atoms with Crippen LogP contribution in [0.4, 0.5) is 0 Å². The monoisotopic (exact) mass is 320 g/mol. The first-order valence-corrected chi connectivity index (χ1v) is 7.41. The van der Waals surface area contributed by atoms with Crippen LogP contribution in [0.5, 0.6) is 0 Å². The smallest absolute Gasteiger partial charge is 0.108 e. The molecular formula is C15H14Cl2N4. The molecule has 3 aromatic rings. The van der Waals surface area contributed by atoms with Crippen molar-refractivity contribution in [2.45, 2.75) is 19.9 Å². The van der Waals surface area contributed by atoms with Crippen LogP contribution in [0.25, 0.3) is 5.69 Å². The number of benzene rings is 1. The molecule has 4 nitrogen and oxygen atoms in total. The van der Waals surface area contributed by atoms with Crippen molar-refractivity contribution in [1.29, 1.82) is 0 Å². The number of hydrogen-bond acceptors (Lipinski definition) is 2. The zero-order valence-corrected chi connectivity index (χ0v) is 13.0. The fourth-order valence-corrected chi connectivity index (χ4v) is 2.50. The Labute approximate surface area is 133 Å². The summed E-state index contributed by atoms with van der Waals surface area (Å²) in [5, 5.41) is 1.08. The van der Waals surface area contributed by atoms with E-state index in [0.717, 1.165) is 23.6 Å². The molecule has 0 radical (unpaired) electrons. The molecule has 0 atom stereocenters. The number of aryl methyl sites for hydroxylation is 1. The molecule has 6 heteroatoms. The Morgan fingerprint density at radius 1 is 1.14 bits per heavy atom. The Bertz CT molecular complexity index is 761. The lowest BCUT2D eigenvalue weighted by Gasteiger charge is -2.04. The van der Waals surface area contributed by atoms with Crippen LogP contribution < -0.4 is 0 Å². The molecule has 0 N–H and O–H groups in total. The molecule has 0 unspecified atom stereocenters. The lowest BCUT2D eigenvalue weighted by Crippen LogP contribution is -2.03. The molecule has 0 spiro atoms. The lowest BCUT2D eigenvalue weighted by molar-refractivity contribution is 0.719. The average molecular weight is 321 g/mol. The molecule has 3 rings (SSSR count). The fourth-order valence-electron chi connectivity index (χ4n) is 2.20. The van der Waals surface area contributed by atoms with Gasteiger partial charge in [-0.2, -0.15) is 0 Å². The largest absolute Gasteiger partial charge is 0.329 e. The topological polar surface area (TPSA) is 35.6 Å². The molecule has 1 aromatic carbocycles. The molecule has 2 heterocycles. The number of halogens is 2. The molecule has 0 saturated carbocycles. The second-order valence-corrected chi connectivity index (χ2v) is 5.51. The van der Waals surface area contributed by atoms with E-state index in [2.05, 4.69) is 21.5 Å². The second-order valence-electron chi connectivity index (χ2n) is 4.70. The van der Waals surface area contributed by atoms with E-state index in [1.807, 2.05) is 35.3 Å². The van der Waals surface area contributed by atoms with Gasteiger partial charge in [-0.25, -0.2) is 9.97 Å². The van der Waals surface area contributed by atoms with Crippen LogP contribution >= 0.6 is 23.2 Å². The predicted octanol–water partition coefficient (Wildman–Crippen LogP) is 3.99. The van der Waals surface area contributed by atoms with Crippen LogP contribution in [0.2, 0.25) is 10.0 Å². The van der Waals surface area contributed by atoms with E-state index >= 15 is 0 Å². The third-order valence-electron chi connectivity index (χ3n) is 3.29. The summed E-state index contributed by atoms with van der Waals surface area (Å²) in [5.41, 5.74) is 1.90. The Morgan fingerprint density at radius 2 is 2.00 bits per heavy atom. The minimum absolute atomic E-state index is 0.535. The Morgan fingerprint density at radius 3 is 2.76 bits per heavy atom. The molecule has 0 aliphatic carbocycles. The summed E-state index contributed by atoms with van der Waals surface area (Å²) < 4.78 is 4.03. The van der Waals surface area contributed by atoms with Crippen LogP contribution in [0.15, 0.2) is 43.1 Å². The van der Waals surface area contributed by atoms with Gasteiger partial charge in [-0.1, -0.05) is 30.1 Å².